The lowest BCUT2D eigenvalue weighted by Crippen LogP contribution is -2.45. The molecule has 1 N–H and O–H groups in total. The van der Waals surface area contributed by atoms with Gasteiger partial charge in [-0.1, -0.05) is 30.3 Å². The Morgan fingerprint density at radius 3 is 2.39 bits per heavy atom. The number of hydrogen-bond donors (Lipinski definition) is 1. The van der Waals surface area contributed by atoms with Gasteiger partial charge in [0.1, 0.15) is 19.3 Å². The molecule has 3 rings (SSSR count). The lowest BCUT2D eigenvalue weighted by Gasteiger charge is -2.28. The van der Waals surface area contributed by atoms with Crippen LogP contribution in [0.4, 0.5) is 5.69 Å². The number of carbonyl (C=O) groups excluding carboxylic acids is 1. The Labute approximate surface area is 165 Å². The summed E-state index contributed by atoms with van der Waals surface area (Å²) in [6.07, 6.45) is 0.756. The molecule has 7 nitrogen and oxygen atoms in total. The quantitative estimate of drug-likeness (QED) is 0.796. The molecule has 8 heteroatoms. The van der Waals surface area contributed by atoms with Gasteiger partial charge in [0.05, 0.1) is 18.5 Å². The van der Waals surface area contributed by atoms with Crippen molar-refractivity contribution in [1.29, 1.82) is 0 Å². The molecule has 0 aromatic heterocycles. The van der Waals surface area contributed by atoms with E-state index in [1.54, 1.807) is 6.07 Å². The van der Waals surface area contributed by atoms with Gasteiger partial charge in [-0.15, -0.1) is 0 Å². The van der Waals surface area contributed by atoms with Gasteiger partial charge in [-0.05, 0) is 37.1 Å². The number of ether oxygens (including phenoxy) is 2. The van der Waals surface area contributed by atoms with Crippen molar-refractivity contribution in [3.05, 3.63) is 53.6 Å². The highest BCUT2D eigenvalue weighted by Gasteiger charge is 2.25. The van der Waals surface area contributed by atoms with E-state index in [9.17, 15) is 13.2 Å². The van der Waals surface area contributed by atoms with E-state index in [1.165, 1.54) is 0 Å². The van der Waals surface area contributed by atoms with Crippen molar-refractivity contribution in [2.24, 2.45) is 0 Å². The second-order valence-corrected chi connectivity index (χ2v) is 8.72. The predicted octanol–water partition coefficient (Wildman–Crippen LogP) is 2.03. The summed E-state index contributed by atoms with van der Waals surface area (Å²) in [4.78, 5) is 12.5. The van der Waals surface area contributed by atoms with Gasteiger partial charge in [-0.25, -0.2) is 8.42 Å². The zero-order chi connectivity index (χ0) is 20.3. The summed E-state index contributed by atoms with van der Waals surface area (Å²) < 4.78 is 37.2. The van der Waals surface area contributed by atoms with Gasteiger partial charge in [0.2, 0.25) is 15.9 Å². The highest BCUT2D eigenvalue weighted by Crippen LogP contribution is 2.30. The number of aryl methyl sites for hydroxylation is 2. The predicted molar refractivity (Wildman–Crippen MR) is 107 cm³/mol. The third kappa shape index (κ3) is 4.56. The Morgan fingerprint density at radius 2 is 1.75 bits per heavy atom. The fraction of sp³-hybridized carbons (Fsp3) is 0.350. The molecule has 1 aliphatic heterocycles. The first-order valence-electron chi connectivity index (χ1n) is 8.95. The molecule has 1 heterocycles. The van der Waals surface area contributed by atoms with Crippen molar-refractivity contribution in [1.82, 2.24) is 5.32 Å². The number of rotatable bonds is 6. The average Bonchev–Trinajstić information content (AvgIpc) is 2.64. The molecule has 2 aromatic rings. The zero-order valence-corrected chi connectivity index (χ0v) is 17.0. The molecule has 1 aliphatic rings. The van der Waals surface area contributed by atoms with E-state index in [1.807, 2.05) is 50.2 Å². The van der Waals surface area contributed by atoms with Crippen LogP contribution in [0, 0.1) is 13.8 Å². The molecular weight excluding hydrogens is 380 g/mol. The minimum absolute atomic E-state index is 0.220. The largest absolute Gasteiger partial charge is 0.486 e. The highest BCUT2D eigenvalue weighted by atomic mass is 32.2. The van der Waals surface area contributed by atoms with Gasteiger partial charge >= 0.3 is 0 Å². The van der Waals surface area contributed by atoms with E-state index in [0.717, 1.165) is 21.7 Å². The summed E-state index contributed by atoms with van der Waals surface area (Å²) in [5.41, 5.74) is 2.11. The summed E-state index contributed by atoms with van der Waals surface area (Å²) >= 11 is 0. The van der Waals surface area contributed by atoms with Gasteiger partial charge in [-0.2, -0.15) is 0 Å². The van der Waals surface area contributed by atoms with Crippen LogP contribution in [0.5, 0.6) is 11.5 Å². The zero-order valence-electron chi connectivity index (χ0n) is 16.1. The molecule has 0 aliphatic carbocycles. The molecule has 0 unspecified atom stereocenters. The van der Waals surface area contributed by atoms with Crippen molar-refractivity contribution >= 4 is 21.6 Å². The van der Waals surface area contributed by atoms with Crippen molar-refractivity contribution in [2.75, 3.05) is 30.3 Å². The number of hydrogen-bond acceptors (Lipinski definition) is 5. The first-order chi connectivity index (χ1) is 13.3. The highest BCUT2D eigenvalue weighted by molar-refractivity contribution is 7.92. The number of nitrogens with zero attached hydrogens (tertiary/aromatic N) is 1. The molecule has 0 saturated carbocycles. The topological polar surface area (TPSA) is 84.9 Å². The molecule has 28 heavy (non-hydrogen) atoms. The Hall–Kier alpha value is -2.74. The fourth-order valence-corrected chi connectivity index (χ4v) is 4.11. The van der Waals surface area contributed by atoms with Gasteiger partial charge in [0.15, 0.2) is 11.5 Å². The second-order valence-electron chi connectivity index (χ2n) is 6.81. The summed E-state index contributed by atoms with van der Waals surface area (Å²) in [5.74, 6) is 0.889. The fourth-order valence-electron chi connectivity index (χ4n) is 3.14. The minimum Gasteiger partial charge on any atom is -0.486 e. The number of carbonyl (C=O) groups is 1. The number of sulfonamides is 1. The van der Waals surface area contributed by atoms with E-state index in [0.29, 0.717) is 23.8 Å². The molecule has 150 valence electrons. The van der Waals surface area contributed by atoms with E-state index in [-0.39, 0.29) is 19.2 Å². The molecule has 1 amide bonds. The Balaban J connectivity index is 1.65. The van der Waals surface area contributed by atoms with Crippen LogP contribution in [-0.4, -0.2) is 46.4 Å². The maximum atomic E-state index is 12.5. The Morgan fingerprint density at radius 1 is 1.11 bits per heavy atom. The number of benzene rings is 2. The van der Waals surface area contributed by atoms with Crippen molar-refractivity contribution in [3.63, 3.8) is 0 Å². The second kappa shape index (κ2) is 8.10. The Kier molecular flexibility index (Phi) is 5.79. The van der Waals surface area contributed by atoms with Crippen LogP contribution in [0.3, 0.4) is 0 Å². The molecule has 0 saturated heterocycles. The molecule has 0 spiro atoms. The summed E-state index contributed by atoms with van der Waals surface area (Å²) in [5, 5.41) is 2.74. The first kappa shape index (κ1) is 20.0. The average molecular weight is 404 g/mol. The van der Waals surface area contributed by atoms with E-state index in [2.05, 4.69) is 5.32 Å². The normalized spacial score (nSPS) is 15.8. The van der Waals surface area contributed by atoms with Gasteiger partial charge in [0, 0.05) is 0 Å². The van der Waals surface area contributed by atoms with Crippen molar-refractivity contribution in [3.8, 4) is 11.5 Å². The summed E-state index contributed by atoms with van der Waals surface area (Å²) in [7, 11) is -3.62. The van der Waals surface area contributed by atoms with Crippen LogP contribution < -0.4 is 19.1 Å². The van der Waals surface area contributed by atoms with Crippen molar-refractivity contribution < 1.29 is 22.7 Å². The van der Waals surface area contributed by atoms with E-state index >= 15 is 0 Å². The third-order valence-corrected chi connectivity index (χ3v) is 5.58. The SMILES string of the molecule is Cc1cccc(C)c1N(CC(=O)NC[C@@H]1COc2ccccc2O1)S(C)(=O)=O. The maximum absolute atomic E-state index is 12.5. The van der Waals surface area contributed by atoms with Crippen LogP contribution in [0.25, 0.3) is 0 Å². The van der Waals surface area contributed by atoms with E-state index < -0.39 is 15.9 Å². The van der Waals surface area contributed by atoms with Gasteiger partial charge in [-0.3, -0.25) is 9.10 Å². The smallest absolute Gasteiger partial charge is 0.240 e. The lowest BCUT2D eigenvalue weighted by atomic mass is 10.1. The monoisotopic (exact) mass is 404 g/mol. The molecule has 0 bridgehead atoms. The number of anilines is 1. The number of para-hydroxylation sites is 3. The van der Waals surface area contributed by atoms with Crippen LogP contribution in [0.15, 0.2) is 42.5 Å². The van der Waals surface area contributed by atoms with Gasteiger partial charge < -0.3 is 14.8 Å². The molecule has 0 radical (unpaired) electrons. The molecule has 1 atom stereocenters. The Bertz CT molecular complexity index is 954. The number of nitrogens with one attached hydrogen (secondary N) is 1. The summed E-state index contributed by atoms with van der Waals surface area (Å²) in [6.45, 7) is 3.88. The van der Waals surface area contributed by atoms with Crippen LogP contribution >= 0.6 is 0 Å². The molecule has 2 aromatic carbocycles. The van der Waals surface area contributed by atoms with Crippen molar-refractivity contribution in [2.45, 2.75) is 20.0 Å². The maximum Gasteiger partial charge on any atom is 0.240 e. The van der Waals surface area contributed by atoms with E-state index in [4.69, 9.17) is 9.47 Å². The molecular formula is C20H24N2O5S. The van der Waals surface area contributed by atoms with Crippen LogP contribution in [-0.2, 0) is 14.8 Å². The van der Waals surface area contributed by atoms with Crippen LogP contribution in [0.1, 0.15) is 11.1 Å². The standard InChI is InChI=1S/C20H24N2O5S/c1-14-7-6-8-15(2)20(14)22(28(3,24)25)12-19(23)21-11-16-13-26-17-9-4-5-10-18(17)27-16/h4-10,16H,11-13H2,1-3H3,(H,21,23)/t16-/m1/s1. The number of fused-ring (bicyclic) bond motifs is 1. The van der Waals surface area contributed by atoms with Crippen LogP contribution in [0.2, 0.25) is 0 Å². The van der Waals surface area contributed by atoms with Gasteiger partial charge in [0.25, 0.3) is 0 Å². The first-order valence-corrected chi connectivity index (χ1v) is 10.8. The minimum atomic E-state index is -3.62. The third-order valence-electron chi connectivity index (χ3n) is 4.47. The molecule has 0 fully saturated rings. The lowest BCUT2D eigenvalue weighted by molar-refractivity contribution is -0.120. The summed E-state index contributed by atoms with van der Waals surface area (Å²) in [6, 6.07) is 12.8. The number of amides is 1.